The van der Waals surface area contributed by atoms with Gasteiger partial charge in [0.15, 0.2) is 0 Å². The molecule has 4 aromatic rings. The van der Waals surface area contributed by atoms with Crippen molar-refractivity contribution in [3.63, 3.8) is 0 Å². The number of imidazole rings is 1. The second kappa shape index (κ2) is 7.60. The van der Waals surface area contributed by atoms with Crippen LogP contribution >= 0.6 is 0 Å². The molecule has 0 atom stereocenters. The number of rotatable bonds is 5. The third kappa shape index (κ3) is 3.74. The lowest BCUT2D eigenvalue weighted by atomic mass is 10.1. The predicted molar refractivity (Wildman–Crippen MR) is 112 cm³/mol. The van der Waals surface area contributed by atoms with Crippen LogP contribution in [0.2, 0.25) is 0 Å². The van der Waals surface area contributed by atoms with Crippen molar-refractivity contribution in [2.75, 3.05) is 11.8 Å². The normalized spacial score (nSPS) is 11.4. The molecule has 2 aromatic heterocycles. The number of aromatic nitrogens is 3. The molecule has 0 saturated carbocycles. The van der Waals surface area contributed by atoms with Crippen molar-refractivity contribution in [3.8, 4) is 11.3 Å². The van der Waals surface area contributed by atoms with E-state index in [2.05, 4.69) is 19.4 Å². The van der Waals surface area contributed by atoms with Crippen LogP contribution in [-0.2, 0) is 14.8 Å². The number of anilines is 1. The van der Waals surface area contributed by atoms with E-state index in [9.17, 15) is 13.2 Å². The highest BCUT2D eigenvalue weighted by Gasteiger charge is 2.20. The van der Waals surface area contributed by atoms with Gasteiger partial charge in [0.25, 0.3) is 10.0 Å². The SMILES string of the molecule is COC(=O)c1ccc(C)c(S(=O)(=O)Nc2cccc(-c3cn4cccnc4n3)c2)c1. The van der Waals surface area contributed by atoms with Crippen LogP contribution in [0.5, 0.6) is 0 Å². The minimum Gasteiger partial charge on any atom is -0.465 e. The number of carbonyl (C=O) groups excluding carboxylic acids is 1. The molecule has 0 saturated heterocycles. The molecule has 0 aliphatic carbocycles. The van der Waals surface area contributed by atoms with Gasteiger partial charge in [0.2, 0.25) is 5.78 Å². The fraction of sp³-hybridized carbons (Fsp3) is 0.0952. The summed E-state index contributed by atoms with van der Waals surface area (Å²) in [5, 5.41) is 0. The Labute approximate surface area is 173 Å². The zero-order valence-electron chi connectivity index (χ0n) is 16.2. The minimum absolute atomic E-state index is 0.00716. The second-order valence-electron chi connectivity index (χ2n) is 6.61. The van der Waals surface area contributed by atoms with Gasteiger partial charge < -0.3 is 4.74 Å². The van der Waals surface area contributed by atoms with Gasteiger partial charge in [-0.15, -0.1) is 0 Å². The predicted octanol–water partition coefficient (Wildman–Crippen LogP) is 3.29. The highest BCUT2D eigenvalue weighted by atomic mass is 32.2. The second-order valence-corrected chi connectivity index (χ2v) is 8.26. The number of nitrogens with zero attached hydrogens (tertiary/aromatic N) is 3. The van der Waals surface area contributed by atoms with E-state index in [1.54, 1.807) is 47.9 Å². The van der Waals surface area contributed by atoms with Gasteiger partial charge in [-0.2, -0.15) is 0 Å². The Balaban J connectivity index is 1.67. The molecule has 0 fully saturated rings. The molecule has 0 radical (unpaired) electrons. The summed E-state index contributed by atoms with van der Waals surface area (Å²) in [6.07, 6.45) is 5.31. The van der Waals surface area contributed by atoms with E-state index in [0.717, 1.165) is 5.56 Å². The first-order valence-electron chi connectivity index (χ1n) is 8.99. The van der Waals surface area contributed by atoms with Crippen LogP contribution in [0.25, 0.3) is 17.0 Å². The largest absolute Gasteiger partial charge is 0.465 e. The van der Waals surface area contributed by atoms with Crippen molar-refractivity contribution in [3.05, 3.63) is 78.2 Å². The number of hydrogen-bond donors (Lipinski definition) is 1. The van der Waals surface area contributed by atoms with Crippen molar-refractivity contribution >= 4 is 27.5 Å². The van der Waals surface area contributed by atoms with E-state index in [4.69, 9.17) is 0 Å². The molecule has 0 aliphatic heterocycles. The van der Waals surface area contributed by atoms with Crippen LogP contribution in [0.1, 0.15) is 15.9 Å². The van der Waals surface area contributed by atoms with Gasteiger partial charge in [-0.1, -0.05) is 18.2 Å². The number of methoxy groups -OCH3 is 1. The van der Waals surface area contributed by atoms with Gasteiger partial charge in [0.05, 0.1) is 23.3 Å². The minimum atomic E-state index is -3.93. The summed E-state index contributed by atoms with van der Waals surface area (Å²) in [6.45, 7) is 1.66. The van der Waals surface area contributed by atoms with Crippen LogP contribution < -0.4 is 4.72 Å². The van der Waals surface area contributed by atoms with Gasteiger partial charge in [-0.25, -0.2) is 23.2 Å². The number of sulfonamides is 1. The number of esters is 1. The summed E-state index contributed by atoms with van der Waals surface area (Å²) in [5.41, 5.74) is 2.45. The monoisotopic (exact) mass is 422 g/mol. The van der Waals surface area contributed by atoms with Crippen molar-refractivity contribution in [2.24, 2.45) is 0 Å². The Hall–Kier alpha value is -3.72. The maximum absolute atomic E-state index is 13.0. The van der Waals surface area contributed by atoms with Gasteiger partial charge in [0.1, 0.15) is 0 Å². The van der Waals surface area contributed by atoms with Gasteiger partial charge >= 0.3 is 5.97 Å². The molecule has 0 amide bonds. The number of nitrogens with one attached hydrogen (secondary N) is 1. The standard InChI is InChI=1S/C21H18N4O4S/c1-14-7-8-16(20(26)29-2)12-19(14)30(27,28)24-17-6-3-5-15(11-17)18-13-25-10-4-9-22-21(25)23-18/h3-13,24H,1-2H3. The average molecular weight is 422 g/mol. The van der Waals surface area contributed by atoms with Crippen LogP contribution in [0.3, 0.4) is 0 Å². The van der Waals surface area contributed by atoms with E-state index in [-0.39, 0.29) is 10.5 Å². The van der Waals surface area contributed by atoms with Crippen LogP contribution in [-0.4, -0.2) is 35.9 Å². The molecule has 30 heavy (non-hydrogen) atoms. The molecule has 2 aromatic carbocycles. The molecule has 1 N–H and O–H groups in total. The molecule has 9 heteroatoms. The average Bonchev–Trinajstić information content (AvgIpc) is 3.17. The molecule has 4 rings (SSSR count). The topological polar surface area (TPSA) is 103 Å². The lowest BCUT2D eigenvalue weighted by molar-refractivity contribution is 0.0600. The van der Waals surface area contributed by atoms with Gasteiger partial charge in [0, 0.05) is 29.8 Å². The highest BCUT2D eigenvalue weighted by Crippen LogP contribution is 2.25. The van der Waals surface area contributed by atoms with Crippen molar-refractivity contribution in [1.29, 1.82) is 0 Å². The summed E-state index contributed by atoms with van der Waals surface area (Å²) in [7, 11) is -2.68. The molecule has 152 valence electrons. The van der Waals surface area contributed by atoms with E-state index in [0.29, 0.717) is 22.7 Å². The molecule has 0 unspecified atom stereocenters. The molecule has 0 bridgehead atoms. The first kappa shape index (κ1) is 19.6. The number of hydrogen-bond acceptors (Lipinski definition) is 6. The maximum Gasteiger partial charge on any atom is 0.337 e. The molecular formula is C21H18N4O4S. The molecular weight excluding hydrogens is 404 g/mol. The Kier molecular flexibility index (Phi) is 4.96. The molecule has 0 spiro atoms. The van der Waals surface area contributed by atoms with E-state index >= 15 is 0 Å². The van der Waals surface area contributed by atoms with Crippen molar-refractivity contribution in [1.82, 2.24) is 14.4 Å². The summed E-state index contributed by atoms with van der Waals surface area (Å²) in [6, 6.07) is 13.1. The van der Waals surface area contributed by atoms with Crippen LogP contribution in [0.15, 0.2) is 72.0 Å². The number of carbonyl (C=O) groups is 1. The summed E-state index contributed by atoms with van der Waals surface area (Å²) in [4.78, 5) is 20.4. The summed E-state index contributed by atoms with van der Waals surface area (Å²) < 4.78 is 35.0. The number of fused-ring (bicyclic) bond motifs is 1. The van der Waals surface area contributed by atoms with Gasteiger partial charge in [-0.3, -0.25) is 9.12 Å². The Morgan fingerprint density at radius 2 is 1.97 bits per heavy atom. The third-order valence-electron chi connectivity index (χ3n) is 4.54. The lowest BCUT2D eigenvalue weighted by Crippen LogP contribution is -2.15. The molecule has 0 aliphatic rings. The Morgan fingerprint density at radius 1 is 1.13 bits per heavy atom. The maximum atomic E-state index is 13.0. The first-order chi connectivity index (χ1) is 14.4. The Bertz CT molecular complexity index is 1330. The number of ether oxygens (including phenoxy) is 1. The van der Waals surface area contributed by atoms with E-state index in [1.165, 1.54) is 19.2 Å². The molecule has 2 heterocycles. The fourth-order valence-corrected chi connectivity index (χ4v) is 4.38. The molecule has 8 nitrogen and oxygen atoms in total. The zero-order valence-corrected chi connectivity index (χ0v) is 17.1. The number of benzene rings is 2. The van der Waals surface area contributed by atoms with Gasteiger partial charge in [-0.05, 0) is 42.8 Å². The third-order valence-corrected chi connectivity index (χ3v) is 6.07. The Morgan fingerprint density at radius 3 is 2.73 bits per heavy atom. The summed E-state index contributed by atoms with van der Waals surface area (Å²) >= 11 is 0. The first-order valence-corrected chi connectivity index (χ1v) is 10.5. The lowest BCUT2D eigenvalue weighted by Gasteiger charge is -2.12. The quantitative estimate of drug-likeness (QED) is 0.495. The fourth-order valence-electron chi connectivity index (χ4n) is 3.06. The van der Waals surface area contributed by atoms with Crippen molar-refractivity contribution in [2.45, 2.75) is 11.8 Å². The summed E-state index contributed by atoms with van der Waals surface area (Å²) in [5.74, 6) is -0.0531. The number of aryl methyl sites for hydroxylation is 1. The van der Waals surface area contributed by atoms with Crippen LogP contribution in [0, 0.1) is 6.92 Å². The highest BCUT2D eigenvalue weighted by molar-refractivity contribution is 7.92. The van der Waals surface area contributed by atoms with Crippen molar-refractivity contribution < 1.29 is 17.9 Å². The zero-order chi connectivity index (χ0) is 21.3. The van der Waals surface area contributed by atoms with Crippen LogP contribution in [0.4, 0.5) is 5.69 Å². The smallest absolute Gasteiger partial charge is 0.337 e. The van der Waals surface area contributed by atoms with E-state index < -0.39 is 16.0 Å². The van der Waals surface area contributed by atoms with E-state index in [1.807, 2.05) is 18.5 Å².